The molecule has 0 aliphatic carbocycles. The molecule has 2 aromatic heterocycles. The van der Waals surface area contributed by atoms with Crippen LogP contribution in [0, 0.1) is 6.92 Å². The Hall–Kier alpha value is -1.81. The van der Waals surface area contributed by atoms with Crippen LogP contribution < -0.4 is 5.32 Å². The Labute approximate surface area is 101 Å². The number of aromatic nitrogens is 3. The van der Waals surface area contributed by atoms with Crippen molar-refractivity contribution in [2.24, 2.45) is 0 Å². The second kappa shape index (κ2) is 5.01. The summed E-state index contributed by atoms with van der Waals surface area (Å²) in [4.78, 5) is 12.9. The molecule has 2 heterocycles. The fourth-order valence-corrected chi connectivity index (χ4v) is 1.70. The Morgan fingerprint density at radius 1 is 1.24 bits per heavy atom. The third-order valence-electron chi connectivity index (χ3n) is 2.86. The molecule has 4 nitrogen and oxygen atoms in total. The summed E-state index contributed by atoms with van der Waals surface area (Å²) in [5.41, 5.74) is 3.13. The summed E-state index contributed by atoms with van der Waals surface area (Å²) in [5.74, 6) is 0.747. The van der Waals surface area contributed by atoms with Gasteiger partial charge in [0.15, 0.2) is 5.82 Å². The van der Waals surface area contributed by atoms with E-state index in [9.17, 15) is 0 Å². The van der Waals surface area contributed by atoms with Crippen LogP contribution in [0.2, 0.25) is 0 Å². The summed E-state index contributed by atoms with van der Waals surface area (Å²) in [6, 6.07) is 4.09. The molecule has 0 aliphatic heterocycles. The van der Waals surface area contributed by atoms with Gasteiger partial charge in [0.1, 0.15) is 0 Å². The molecule has 0 saturated carbocycles. The standard InChI is InChI=1S/C13H16N4/c1-9(14-3)12-8-16-13(17-10(12)2)11-4-6-15-7-5-11/h4-9,14H,1-3H3. The van der Waals surface area contributed by atoms with Gasteiger partial charge < -0.3 is 5.32 Å². The minimum absolute atomic E-state index is 0.265. The summed E-state index contributed by atoms with van der Waals surface area (Å²) in [7, 11) is 1.93. The van der Waals surface area contributed by atoms with Crippen molar-refractivity contribution in [3.05, 3.63) is 42.0 Å². The van der Waals surface area contributed by atoms with E-state index in [0.717, 1.165) is 22.6 Å². The third-order valence-corrected chi connectivity index (χ3v) is 2.86. The molecular weight excluding hydrogens is 212 g/mol. The SMILES string of the molecule is CNC(C)c1cnc(-c2ccncc2)nc1C. The van der Waals surface area contributed by atoms with E-state index in [1.807, 2.05) is 32.3 Å². The van der Waals surface area contributed by atoms with Crippen LogP contribution in [-0.4, -0.2) is 22.0 Å². The lowest BCUT2D eigenvalue weighted by molar-refractivity contribution is 0.641. The van der Waals surface area contributed by atoms with E-state index >= 15 is 0 Å². The average molecular weight is 228 g/mol. The van der Waals surface area contributed by atoms with Crippen LogP contribution in [0.4, 0.5) is 0 Å². The second-order valence-electron chi connectivity index (χ2n) is 3.98. The Kier molecular flexibility index (Phi) is 3.44. The summed E-state index contributed by atoms with van der Waals surface area (Å²) >= 11 is 0. The number of rotatable bonds is 3. The lowest BCUT2D eigenvalue weighted by Gasteiger charge is -2.13. The van der Waals surface area contributed by atoms with Gasteiger partial charge in [-0.1, -0.05) is 0 Å². The molecule has 17 heavy (non-hydrogen) atoms. The highest BCUT2D eigenvalue weighted by atomic mass is 14.9. The van der Waals surface area contributed by atoms with Crippen LogP contribution in [-0.2, 0) is 0 Å². The second-order valence-corrected chi connectivity index (χ2v) is 3.98. The van der Waals surface area contributed by atoms with E-state index in [-0.39, 0.29) is 6.04 Å². The van der Waals surface area contributed by atoms with Gasteiger partial charge >= 0.3 is 0 Å². The summed E-state index contributed by atoms with van der Waals surface area (Å²) in [6.45, 7) is 4.10. The first-order valence-electron chi connectivity index (χ1n) is 5.63. The lowest BCUT2D eigenvalue weighted by atomic mass is 10.1. The van der Waals surface area contributed by atoms with Crippen LogP contribution >= 0.6 is 0 Å². The molecule has 2 rings (SSSR count). The first-order valence-corrected chi connectivity index (χ1v) is 5.63. The highest BCUT2D eigenvalue weighted by Gasteiger charge is 2.09. The van der Waals surface area contributed by atoms with Crippen molar-refractivity contribution >= 4 is 0 Å². The Balaban J connectivity index is 2.38. The first kappa shape index (κ1) is 11.7. The molecule has 0 saturated heterocycles. The van der Waals surface area contributed by atoms with E-state index in [1.165, 1.54) is 0 Å². The zero-order valence-electron chi connectivity index (χ0n) is 10.3. The number of nitrogens with zero attached hydrogens (tertiary/aromatic N) is 3. The molecule has 4 heteroatoms. The van der Waals surface area contributed by atoms with Crippen molar-refractivity contribution in [1.29, 1.82) is 0 Å². The molecule has 88 valence electrons. The first-order chi connectivity index (χ1) is 8.22. The van der Waals surface area contributed by atoms with E-state index in [4.69, 9.17) is 0 Å². The maximum Gasteiger partial charge on any atom is 0.159 e. The highest BCUT2D eigenvalue weighted by molar-refractivity contribution is 5.53. The van der Waals surface area contributed by atoms with Crippen molar-refractivity contribution in [1.82, 2.24) is 20.3 Å². The van der Waals surface area contributed by atoms with Gasteiger partial charge in [-0.3, -0.25) is 4.98 Å². The van der Waals surface area contributed by atoms with Crippen molar-refractivity contribution in [2.75, 3.05) is 7.05 Å². The van der Waals surface area contributed by atoms with Gasteiger partial charge in [-0.25, -0.2) is 9.97 Å². The smallest absolute Gasteiger partial charge is 0.159 e. The van der Waals surface area contributed by atoms with Gasteiger partial charge in [-0.2, -0.15) is 0 Å². The van der Waals surface area contributed by atoms with Crippen LogP contribution in [0.3, 0.4) is 0 Å². The number of aryl methyl sites for hydroxylation is 1. The molecule has 0 bridgehead atoms. The lowest BCUT2D eigenvalue weighted by Crippen LogP contribution is -2.14. The molecule has 0 aliphatic rings. The Morgan fingerprint density at radius 3 is 2.53 bits per heavy atom. The van der Waals surface area contributed by atoms with E-state index in [2.05, 4.69) is 27.2 Å². The van der Waals surface area contributed by atoms with Crippen LogP contribution in [0.25, 0.3) is 11.4 Å². The summed E-state index contributed by atoms with van der Waals surface area (Å²) < 4.78 is 0. The molecule has 0 spiro atoms. The fourth-order valence-electron chi connectivity index (χ4n) is 1.70. The Bertz CT molecular complexity index is 496. The Morgan fingerprint density at radius 2 is 1.94 bits per heavy atom. The van der Waals surface area contributed by atoms with Crippen molar-refractivity contribution in [3.8, 4) is 11.4 Å². The third kappa shape index (κ3) is 2.47. The van der Waals surface area contributed by atoms with E-state index in [0.29, 0.717) is 0 Å². The fraction of sp³-hybridized carbons (Fsp3) is 0.308. The zero-order valence-corrected chi connectivity index (χ0v) is 10.3. The maximum absolute atomic E-state index is 4.53. The molecule has 0 radical (unpaired) electrons. The molecule has 0 aromatic carbocycles. The largest absolute Gasteiger partial charge is 0.313 e. The number of pyridine rings is 1. The van der Waals surface area contributed by atoms with Gasteiger partial charge in [0.2, 0.25) is 0 Å². The maximum atomic E-state index is 4.53. The molecule has 2 aromatic rings. The molecule has 0 amide bonds. The van der Waals surface area contributed by atoms with Crippen LogP contribution in [0.15, 0.2) is 30.7 Å². The monoisotopic (exact) mass is 228 g/mol. The molecule has 0 fully saturated rings. The molecule has 1 unspecified atom stereocenters. The van der Waals surface area contributed by atoms with Crippen molar-refractivity contribution in [2.45, 2.75) is 19.9 Å². The molecule has 1 atom stereocenters. The number of nitrogens with one attached hydrogen (secondary N) is 1. The molecular formula is C13H16N4. The minimum atomic E-state index is 0.265. The van der Waals surface area contributed by atoms with Gasteiger partial charge in [0, 0.05) is 41.5 Å². The minimum Gasteiger partial charge on any atom is -0.313 e. The van der Waals surface area contributed by atoms with Crippen molar-refractivity contribution < 1.29 is 0 Å². The highest BCUT2D eigenvalue weighted by Crippen LogP contribution is 2.18. The topological polar surface area (TPSA) is 50.7 Å². The van der Waals surface area contributed by atoms with E-state index < -0.39 is 0 Å². The van der Waals surface area contributed by atoms with Gasteiger partial charge in [-0.15, -0.1) is 0 Å². The summed E-state index contributed by atoms with van der Waals surface area (Å²) in [6.07, 6.45) is 5.38. The van der Waals surface area contributed by atoms with Gasteiger partial charge in [0.05, 0.1) is 0 Å². The predicted octanol–water partition coefficient (Wildman–Crippen LogP) is 2.13. The number of hydrogen-bond acceptors (Lipinski definition) is 4. The molecule has 1 N–H and O–H groups in total. The summed E-state index contributed by atoms with van der Waals surface area (Å²) in [5, 5.41) is 3.19. The van der Waals surface area contributed by atoms with E-state index in [1.54, 1.807) is 12.4 Å². The predicted molar refractivity (Wildman–Crippen MR) is 67.5 cm³/mol. The van der Waals surface area contributed by atoms with Crippen LogP contribution in [0.1, 0.15) is 24.2 Å². The van der Waals surface area contributed by atoms with Crippen LogP contribution in [0.5, 0.6) is 0 Å². The van der Waals surface area contributed by atoms with Gasteiger partial charge in [-0.05, 0) is 33.0 Å². The normalized spacial score (nSPS) is 12.4. The zero-order chi connectivity index (χ0) is 12.3. The average Bonchev–Trinajstić information content (AvgIpc) is 2.39. The number of hydrogen-bond donors (Lipinski definition) is 1. The quantitative estimate of drug-likeness (QED) is 0.874. The van der Waals surface area contributed by atoms with Crippen molar-refractivity contribution in [3.63, 3.8) is 0 Å². The van der Waals surface area contributed by atoms with Gasteiger partial charge in [0.25, 0.3) is 0 Å².